The van der Waals surface area contributed by atoms with Crippen LogP contribution in [0.5, 0.6) is 0 Å². The Labute approximate surface area is 181 Å². The second kappa shape index (κ2) is 9.98. The fourth-order valence-corrected chi connectivity index (χ4v) is 4.03. The number of anilines is 1. The number of carbonyl (C=O) groups excluding carboxylic acids is 1. The number of esters is 1. The minimum atomic E-state index is -0.202. The van der Waals surface area contributed by atoms with Crippen molar-refractivity contribution in [1.82, 2.24) is 4.90 Å². The van der Waals surface area contributed by atoms with Gasteiger partial charge in [0, 0.05) is 36.4 Å². The molecule has 1 saturated heterocycles. The summed E-state index contributed by atoms with van der Waals surface area (Å²) in [6.45, 7) is 4.65. The van der Waals surface area contributed by atoms with Gasteiger partial charge in [0.15, 0.2) is 0 Å². The van der Waals surface area contributed by atoms with Gasteiger partial charge in [-0.2, -0.15) is 5.26 Å². The summed E-state index contributed by atoms with van der Waals surface area (Å²) in [5.74, 6) is -0.202. The van der Waals surface area contributed by atoms with Crippen LogP contribution in [-0.4, -0.2) is 43.2 Å². The molecule has 0 N–H and O–H groups in total. The van der Waals surface area contributed by atoms with Gasteiger partial charge < -0.3 is 9.64 Å². The summed E-state index contributed by atoms with van der Waals surface area (Å²) in [7, 11) is 0. The predicted molar refractivity (Wildman–Crippen MR) is 115 cm³/mol. The van der Waals surface area contributed by atoms with Crippen molar-refractivity contribution in [3.63, 3.8) is 0 Å². The molecule has 1 atom stereocenters. The standard InChI is InChI=1S/C22H23Cl2N3O2/c1-2-29-22(28)15-26-10-9-19(14-26)27(13-17-5-3-4-6-20(17)23)18-8-7-16(12-25)21(24)11-18/h3-8,11,19H,2,9-10,13-15H2,1H3. The van der Waals surface area contributed by atoms with Gasteiger partial charge in [-0.05, 0) is 43.2 Å². The molecule has 0 bridgehead atoms. The van der Waals surface area contributed by atoms with Gasteiger partial charge in [0.05, 0.1) is 23.7 Å². The Morgan fingerprint density at radius 1 is 1.28 bits per heavy atom. The van der Waals surface area contributed by atoms with Crippen molar-refractivity contribution in [1.29, 1.82) is 5.26 Å². The Balaban J connectivity index is 1.84. The summed E-state index contributed by atoms with van der Waals surface area (Å²) < 4.78 is 5.08. The molecule has 1 aliphatic heterocycles. The molecule has 0 radical (unpaired) electrons. The van der Waals surface area contributed by atoms with E-state index < -0.39 is 0 Å². The van der Waals surface area contributed by atoms with E-state index in [0.717, 1.165) is 30.8 Å². The van der Waals surface area contributed by atoms with Crippen molar-refractivity contribution >= 4 is 34.9 Å². The molecule has 0 aromatic heterocycles. The van der Waals surface area contributed by atoms with E-state index in [9.17, 15) is 10.1 Å². The van der Waals surface area contributed by atoms with Crippen molar-refractivity contribution < 1.29 is 9.53 Å². The number of ether oxygens (including phenoxy) is 1. The van der Waals surface area contributed by atoms with Crippen molar-refractivity contribution in [3.05, 3.63) is 63.6 Å². The van der Waals surface area contributed by atoms with Crippen molar-refractivity contribution in [3.8, 4) is 6.07 Å². The van der Waals surface area contributed by atoms with E-state index in [2.05, 4.69) is 15.9 Å². The lowest BCUT2D eigenvalue weighted by Gasteiger charge is -2.32. The highest BCUT2D eigenvalue weighted by atomic mass is 35.5. The minimum absolute atomic E-state index is 0.185. The quantitative estimate of drug-likeness (QED) is 0.603. The van der Waals surface area contributed by atoms with E-state index in [1.165, 1.54) is 0 Å². The summed E-state index contributed by atoms with van der Waals surface area (Å²) in [6, 6.07) is 15.5. The second-order valence-electron chi connectivity index (χ2n) is 6.98. The fraction of sp³-hybridized carbons (Fsp3) is 0.364. The number of nitriles is 1. The molecule has 152 valence electrons. The van der Waals surface area contributed by atoms with Crippen molar-refractivity contribution in [2.24, 2.45) is 0 Å². The molecular weight excluding hydrogens is 409 g/mol. The molecule has 0 aliphatic carbocycles. The van der Waals surface area contributed by atoms with Crippen LogP contribution in [-0.2, 0) is 16.1 Å². The second-order valence-corrected chi connectivity index (χ2v) is 7.79. The average molecular weight is 432 g/mol. The van der Waals surface area contributed by atoms with E-state index in [1.54, 1.807) is 6.07 Å². The maximum atomic E-state index is 11.9. The van der Waals surface area contributed by atoms with Gasteiger partial charge in [0.2, 0.25) is 0 Å². The van der Waals surface area contributed by atoms with Crippen LogP contribution in [0.4, 0.5) is 5.69 Å². The summed E-state index contributed by atoms with van der Waals surface area (Å²) in [4.78, 5) is 16.2. The summed E-state index contributed by atoms with van der Waals surface area (Å²) in [6.07, 6.45) is 0.904. The third-order valence-electron chi connectivity index (χ3n) is 5.05. The zero-order chi connectivity index (χ0) is 20.8. The minimum Gasteiger partial charge on any atom is -0.465 e. The number of rotatable bonds is 7. The maximum absolute atomic E-state index is 11.9. The topological polar surface area (TPSA) is 56.6 Å². The monoisotopic (exact) mass is 431 g/mol. The molecule has 1 unspecified atom stereocenters. The maximum Gasteiger partial charge on any atom is 0.320 e. The third-order valence-corrected chi connectivity index (χ3v) is 5.73. The predicted octanol–water partition coefficient (Wildman–Crippen LogP) is 4.51. The Morgan fingerprint density at radius 2 is 2.07 bits per heavy atom. The van der Waals surface area contributed by atoms with Crippen LogP contribution in [0, 0.1) is 11.3 Å². The number of nitrogens with zero attached hydrogens (tertiary/aromatic N) is 3. The lowest BCUT2D eigenvalue weighted by atomic mass is 10.1. The first-order chi connectivity index (χ1) is 14.0. The van der Waals surface area contributed by atoms with E-state index in [1.807, 2.05) is 43.3 Å². The van der Waals surface area contributed by atoms with Gasteiger partial charge >= 0.3 is 5.97 Å². The molecule has 1 aliphatic rings. The first-order valence-electron chi connectivity index (χ1n) is 9.59. The molecule has 29 heavy (non-hydrogen) atoms. The Bertz CT molecular complexity index is 913. The molecule has 2 aromatic rings. The lowest BCUT2D eigenvalue weighted by molar-refractivity contribution is -0.144. The molecule has 0 spiro atoms. The Kier molecular flexibility index (Phi) is 7.38. The van der Waals surface area contributed by atoms with Gasteiger partial charge in [0.25, 0.3) is 0 Å². The normalized spacial score (nSPS) is 16.4. The number of hydrogen-bond donors (Lipinski definition) is 0. The highest BCUT2D eigenvalue weighted by Gasteiger charge is 2.30. The van der Waals surface area contributed by atoms with Crippen LogP contribution >= 0.6 is 23.2 Å². The molecule has 3 rings (SSSR count). The van der Waals surface area contributed by atoms with Crippen LogP contribution in [0.3, 0.4) is 0 Å². The first-order valence-corrected chi connectivity index (χ1v) is 10.3. The molecule has 5 nitrogen and oxygen atoms in total. The van der Waals surface area contributed by atoms with Gasteiger partial charge in [-0.3, -0.25) is 9.69 Å². The van der Waals surface area contributed by atoms with E-state index in [-0.39, 0.29) is 12.0 Å². The summed E-state index contributed by atoms with van der Waals surface area (Å²) in [5.41, 5.74) is 2.39. The summed E-state index contributed by atoms with van der Waals surface area (Å²) >= 11 is 12.7. The van der Waals surface area contributed by atoms with Crippen LogP contribution in [0.25, 0.3) is 0 Å². The number of halogens is 2. The number of hydrogen-bond acceptors (Lipinski definition) is 5. The first kappa shape index (κ1) is 21.4. The van der Waals surface area contributed by atoms with Crippen molar-refractivity contribution in [2.75, 3.05) is 31.1 Å². The van der Waals surface area contributed by atoms with Crippen LogP contribution in [0.15, 0.2) is 42.5 Å². The molecule has 1 heterocycles. The molecular formula is C22H23Cl2N3O2. The van der Waals surface area contributed by atoms with E-state index >= 15 is 0 Å². The molecule has 7 heteroatoms. The van der Waals surface area contributed by atoms with Crippen LogP contribution < -0.4 is 4.90 Å². The van der Waals surface area contributed by atoms with Gasteiger partial charge in [-0.1, -0.05) is 41.4 Å². The Morgan fingerprint density at radius 3 is 2.76 bits per heavy atom. The molecule has 2 aromatic carbocycles. The van der Waals surface area contributed by atoms with Gasteiger partial charge in [-0.15, -0.1) is 0 Å². The molecule has 0 saturated carbocycles. The fourth-order valence-electron chi connectivity index (χ4n) is 3.61. The Hall–Kier alpha value is -2.26. The number of benzene rings is 2. The number of carbonyl (C=O) groups is 1. The average Bonchev–Trinajstić information content (AvgIpc) is 3.15. The lowest BCUT2D eigenvalue weighted by Crippen LogP contribution is -2.38. The highest BCUT2D eigenvalue weighted by molar-refractivity contribution is 6.32. The molecule has 0 amide bonds. The highest BCUT2D eigenvalue weighted by Crippen LogP contribution is 2.30. The SMILES string of the molecule is CCOC(=O)CN1CCC(N(Cc2ccccc2Cl)c2ccc(C#N)c(Cl)c2)C1. The smallest absolute Gasteiger partial charge is 0.320 e. The third kappa shape index (κ3) is 5.42. The van der Waals surface area contributed by atoms with Gasteiger partial charge in [0.1, 0.15) is 6.07 Å². The van der Waals surface area contributed by atoms with E-state index in [4.69, 9.17) is 27.9 Å². The molecule has 1 fully saturated rings. The zero-order valence-corrected chi connectivity index (χ0v) is 17.8. The van der Waals surface area contributed by atoms with Gasteiger partial charge in [-0.25, -0.2) is 0 Å². The largest absolute Gasteiger partial charge is 0.465 e. The zero-order valence-electron chi connectivity index (χ0n) is 16.3. The van der Waals surface area contributed by atoms with Crippen LogP contribution in [0.2, 0.25) is 10.0 Å². The van der Waals surface area contributed by atoms with E-state index in [0.29, 0.717) is 35.3 Å². The van der Waals surface area contributed by atoms with Crippen molar-refractivity contribution in [2.45, 2.75) is 25.9 Å². The summed E-state index contributed by atoms with van der Waals surface area (Å²) in [5, 5.41) is 10.3. The number of likely N-dealkylation sites (tertiary alicyclic amines) is 1. The van der Waals surface area contributed by atoms with Crippen LogP contribution in [0.1, 0.15) is 24.5 Å².